The molecule has 0 saturated heterocycles. The van der Waals surface area contributed by atoms with Gasteiger partial charge in [-0.1, -0.05) is 11.3 Å². The van der Waals surface area contributed by atoms with Crippen LogP contribution in [0.25, 0.3) is 0 Å². The van der Waals surface area contributed by atoms with Crippen LogP contribution < -0.4 is 10.1 Å². The van der Waals surface area contributed by atoms with Gasteiger partial charge >= 0.3 is 0 Å². The number of nitrogens with zero attached hydrogens (tertiary/aromatic N) is 4. The number of ether oxygens (including phenoxy) is 1. The van der Waals surface area contributed by atoms with E-state index >= 15 is 0 Å². The molecule has 1 fully saturated rings. The van der Waals surface area contributed by atoms with E-state index in [9.17, 15) is 18.0 Å². The Labute approximate surface area is 208 Å². The highest BCUT2D eigenvalue weighted by molar-refractivity contribution is 7.13. The molecule has 1 aliphatic carbocycles. The van der Waals surface area contributed by atoms with Crippen LogP contribution >= 0.6 is 11.3 Å². The van der Waals surface area contributed by atoms with E-state index in [1.807, 2.05) is 0 Å². The van der Waals surface area contributed by atoms with Crippen molar-refractivity contribution in [2.45, 2.75) is 70.3 Å². The third-order valence-corrected chi connectivity index (χ3v) is 7.87. The summed E-state index contributed by atoms with van der Waals surface area (Å²) >= 11 is 1.39. The Bertz CT molecular complexity index is 972. The van der Waals surface area contributed by atoms with Crippen molar-refractivity contribution in [2.24, 2.45) is 13.0 Å². The Hall–Kier alpha value is -2.14. The number of nitrogens with one attached hydrogen (secondary N) is 1. The van der Waals surface area contributed by atoms with Crippen LogP contribution in [0.3, 0.4) is 0 Å². The van der Waals surface area contributed by atoms with Crippen molar-refractivity contribution in [2.75, 3.05) is 26.2 Å². The molecule has 1 amide bonds. The molecular formula is C24H34F3N5O2S. The highest BCUT2D eigenvalue weighted by atomic mass is 32.1. The van der Waals surface area contributed by atoms with Crippen molar-refractivity contribution in [3.8, 4) is 5.19 Å². The van der Waals surface area contributed by atoms with Gasteiger partial charge in [-0.25, -0.2) is 13.8 Å². The van der Waals surface area contributed by atoms with Crippen molar-refractivity contribution in [3.05, 3.63) is 28.3 Å². The van der Waals surface area contributed by atoms with Crippen molar-refractivity contribution in [1.29, 1.82) is 0 Å². The first-order valence-corrected chi connectivity index (χ1v) is 13.1. The molecule has 11 heteroatoms. The first-order chi connectivity index (χ1) is 16.6. The molecule has 0 aromatic carbocycles. The standard InChI is InChI=1S/C24H34F3N5O2S/c1-24(26,27)15-34-23-29-19-8-11-32(12-9-20(19)35-23)10-7-16-3-5-18(6-4-16)28-21(33)13-17-14-31(2)30-22(17)25/h14,16,18H,3-13,15H2,1-2H3,(H,28,33)/t16-,18-. The summed E-state index contributed by atoms with van der Waals surface area (Å²) in [6.45, 7) is 3.09. The topological polar surface area (TPSA) is 72.3 Å². The number of alkyl halides is 2. The maximum absolute atomic E-state index is 13.7. The molecule has 2 aromatic heterocycles. The van der Waals surface area contributed by atoms with Crippen molar-refractivity contribution in [1.82, 2.24) is 25.0 Å². The van der Waals surface area contributed by atoms with E-state index in [1.165, 1.54) is 16.0 Å². The van der Waals surface area contributed by atoms with E-state index in [1.54, 1.807) is 13.2 Å². The second-order valence-electron chi connectivity index (χ2n) is 9.92. The lowest BCUT2D eigenvalue weighted by molar-refractivity contribution is -0.121. The minimum atomic E-state index is -2.86. The second kappa shape index (κ2) is 11.3. The van der Waals surface area contributed by atoms with Crippen LogP contribution in [0.15, 0.2) is 6.20 Å². The Kier molecular flexibility index (Phi) is 8.36. The van der Waals surface area contributed by atoms with Gasteiger partial charge in [-0.05, 0) is 51.0 Å². The number of carbonyl (C=O) groups is 1. The summed E-state index contributed by atoms with van der Waals surface area (Å²) in [5.41, 5.74) is 1.31. The molecule has 3 heterocycles. The zero-order valence-corrected chi connectivity index (χ0v) is 21.2. The summed E-state index contributed by atoms with van der Waals surface area (Å²) < 4.78 is 46.3. The average Bonchev–Trinajstić information content (AvgIpc) is 3.27. The van der Waals surface area contributed by atoms with Gasteiger partial charge in [0.25, 0.3) is 11.1 Å². The van der Waals surface area contributed by atoms with Crippen LogP contribution in [0, 0.1) is 11.9 Å². The maximum Gasteiger partial charge on any atom is 0.278 e. The van der Waals surface area contributed by atoms with E-state index in [0.29, 0.717) is 16.7 Å². The molecule has 1 aliphatic heterocycles. The van der Waals surface area contributed by atoms with Gasteiger partial charge in [-0.15, -0.1) is 5.10 Å². The number of fused-ring (bicyclic) bond motifs is 1. The average molecular weight is 514 g/mol. The highest BCUT2D eigenvalue weighted by Crippen LogP contribution is 2.30. The molecule has 0 spiro atoms. The molecule has 194 valence electrons. The number of halogens is 3. The molecule has 2 aromatic rings. The Morgan fingerprint density at radius 1 is 1.26 bits per heavy atom. The molecule has 4 rings (SSSR count). The van der Waals surface area contributed by atoms with Crippen LogP contribution in [0.4, 0.5) is 13.2 Å². The zero-order chi connectivity index (χ0) is 25.0. The number of aromatic nitrogens is 3. The van der Waals surface area contributed by atoms with Gasteiger partial charge in [0.05, 0.1) is 12.1 Å². The van der Waals surface area contributed by atoms with E-state index < -0.39 is 18.5 Å². The summed E-state index contributed by atoms with van der Waals surface area (Å²) in [5.74, 6) is -2.95. The minimum absolute atomic E-state index is 0.0214. The van der Waals surface area contributed by atoms with Crippen LogP contribution in [-0.4, -0.2) is 63.8 Å². The first kappa shape index (κ1) is 25.9. The fourth-order valence-corrected chi connectivity index (χ4v) is 5.84. The number of hydrogen-bond acceptors (Lipinski definition) is 6. The number of carbonyl (C=O) groups excluding carboxylic acids is 1. The fourth-order valence-electron chi connectivity index (χ4n) is 4.90. The van der Waals surface area contributed by atoms with Gasteiger partial charge in [0.1, 0.15) is 0 Å². The van der Waals surface area contributed by atoms with E-state index in [4.69, 9.17) is 4.74 Å². The lowest BCUT2D eigenvalue weighted by Crippen LogP contribution is -2.39. The SMILES string of the molecule is Cn1cc(CC(=O)N[C@H]2CC[C@H](CCN3CCc4nc(OCC(C)(F)F)sc4CC3)CC2)c(F)n1. The number of rotatable bonds is 9. The molecule has 1 saturated carbocycles. The highest BCUT2D eigenvalue weighted by Gasteiger charge is 2.26. The molecular weight excluding hydrogens is 479 g/mol. The van der Waals surface area contributed by atoms with Gasteiger partial charge in [-0.2, -0.15) is 4.39 Å². The fraction of sp³-hybridized carbons (Fsp3) is 0.708. The molecule has 0 atom stereocenters. The van der Waals surface area contributed by atoms with Crippen molar-refractivity contribution < 1.29 is 22.7 Å². The van der Waals surface area contributed by atoms with E-state index in [2.05, 4.69) is 20.3 Å². The first-order valence-electron chi connectivity index (χ1n) is 12.3. The smallest absolute Gasteiger partial charge is 0.278 e. The van der Waals surface area contributed by atoms with Gasteiger partial charge in [0.2, 0.25) is 11.9 Å². The molecule has 1 N–H and O–H groups in total. The quantitative estimate of drug-likeness (QED) is 0.553. The van der Waals surface area contributed by atoms with Gasteiger partial charge in [-0.3, -0.25) is 9.48 Å². The van der Waals surface area contributed by atoms with Crippen molar-refractivity contribution >= 4 is 17.2 Å². The normalized spacial score (nSPS) is 21.4. The monoisotopic (exact) mass is 513 g/mol. The summed E-state index contributed by atoms with van der Waals surface area (Å²) in [5, 5.41) is 7.05. The van der Waals surface area contributed by atoms with Crippen molar-refractivity contribution in [3.63, 3.8) is 0 Å². The summed E-state index contributed by atoms with van der Waals surface area (Å²) in [6.07, 6.45) is 8.44. The predicted molar refractivity (Wildman–Crippen MR) is 127 cm³/mol. The summed E-state index contributed by atoms with van der Waals surface area (Å²) in [6, 6.07) is 0.155. The summed E-state index contributed by atoms with van der Waals surface area (Å²) in [7, 11) is 1.64. The maximum atomic E-state index is 13.7. The summed E-state index contributed by atoms with van der Waals surface area (Å²) in [4.78, 5) is 20.3. The number of thiazole rings is 1. The Morgan fingerprint density at radius 2 is 2.00 bits per heavy atom. The van der Waals surface area contributed by atoms with Gasteiger partial charge < -0.3 is 15.0 Å². The molecule has 7 nitrogen and oxygen atoms in total. The number of aryl methyl sites for hydroxylation is 1. The largest absolute Gasteiger partial charge is 0.464 e. The third kappa shape index (κ3) is 7.67. The van der Waals surface area contributed by atoms with Crippen LogP contribution in [0.5, 0.6) is 5.19 Å². The molecule has 35 heavy (non-hydrogen) atoms. The molecule has 0 unspecified atom stereocenters. The Morgan fingerprint density at radius 3 is 2.69 bits per heavy atom. The molecule has 2 aliphatic rings. The third-order valence-electron chi connectivity index (χ3n) is 6.80. The van der Waals surface area contributed by atoms with Crippen LogP contribution in [0.1, 0.15) is 55.2 Å². The molecule has 0 radical (unpaired) electrons. The molecule has 0 bridgehead atoms. The van der Waals surface area contributed by atoms with Gasteiger partial charge in [0, 0.05) is 56.2 Å². The second-order valence-corrected chi connectivity index (χ2v) is 11.0. The lowest BCUT2D eigenvalue weighted by atomic mass is 9.84. The minimum Gasteiger partial charge on any atom is -0.464 e. The van der Waals surface area contributed by atoms with Crippen LogP contribution in [-0.2, 0) is 31.1 Å². The lowest BCUT2D eigenvalue weighted by Gasteiger charge is -2.30. The predicted octanol–water partition coefficient (Wildman–Crippen LogP) is 3.76. The van der Waals surface area contributed by atoms with E-state index in [0.717, 1.165) is 82.1 Å². The van der Waals surface area contributed by atoms with E-state index in [-0.39, 0.29) is 18.4 Å². The van der Waals surface area contributed by atoms with Crippen LogP contribution in [0.2, 0.25) is 0 Å². The van der Waals surface area contributed by atoms with Gasteiger partial charge in [0.15, 0.2) is 6.61 Å². The zero-order valence-electron chi connectivity index (χ0n) is 20.4. The number of amides is 1. The number of hydrogen-bond donors (Lipinski definition) is 1. The Balaban J connectivity index is 1.14.